The second-order valence-corrected chi connectivity index (χ2v) is 5.12. The van der Waals surface area contributed by atoms with Crippen LogP contribution in [-0.4, -0.2) is 23.1 Å². The van der Waals surface area contributed by atoms with E-state index in [1.165, 1.54) is 18.4 Å². The maximum atomic E-state index is 5.42. The molecule has 4 nitrogen and oxygen atoms in total. The molecule has 0 amide bonds. The molecule has 1 aromatic carbocycles. The summed E-state index contributed by atoms with van der Waals surface area (Å²) in [6.45, 7) is 2.91. The van der Waals surface area contributed by atoms with E-state index < -0.39 is 0 Å². The normalized spacial score (nSPS) is 14.6. The smallest absolute Gasteiger partial charge is 0.141 e. The van der Waals surface area contributed by atoms with E-state index in [0.29, 0.717) is 6.04 Å². The van der Waals surface area contributed by atoms with E-state index >= 15 is 0 Å². The molecule has 2 aromatic rings. The Morgan fingerprint density at radius 1 is 1.42 bits per heavy atom. The quantitative estimate of drug-likeness (QED) is 0.865. The Bertz CT molecular complexity index is 573. The van der Waals surface area contributed by atoms with E-state index in [2.05, 4.69) is 28.3 Å². The third kappa shape index (κ3) is 2.79. The predicted octanol–water partition coefficient (Wildman–Crippen LogP) is 2.65. The molecule has 2 N–H and O–H groups in total. The summed E-state index contributed by atoms with van der Waals surface area (Å²) in [4.78, 5) is 7.80. The highest BCUT2D eigenvalue weighted by atomic mass is 16.5. The highest BCUT2D eigenvalue weighted by Crippen LogP contribution is 2.28. The number of nitrogens with zero attached hydrogens (tertiary/aromatic N) is 1. The van der Waals surface area contributed by atoms with Crippen molar-refractivity contribution in [3.05, 3.63) is 35.7 Å². The van der Waals surface area contributed by atoms with Gasteiger partial charge in [0.2, 0.25) is 0 Å². The number of ether oxygens (including phenoxy) is 1. The SMILES string of the molecule is COc1cc(C)ccc1-c1ncc(CNC2CC2)[nH]1. The van der Waals surface area contributed by atoms with Gasteiger partial charge in [0.05, 0.1) is 12.7 Å². The Balaban J connectivity index is 1.80. The summed E-state index contributed by atoms with van der Waals surface area (Å²) in [5.41, 5.74) is 3.30. The standard InChI is InChI=1S/C15H19N3O/c1-10-3-6-13(14(7-10)19-2)15-17-9-12(18-15)8-16-11-4-5-11/h3,6-7,9,11,16H,4-5,8H2,1-2H3,(H,17,18). The van der Waals surface area contributed by atoms with Gasteiger partial charge < -0.3 is 15.0 Å². The Morgan fingerprint density at radius 3 is 3.00 bits per heavy atom. The molecule has 100 valence electrons. The summed E-state index contributed by atoms with van der Waals surface area (Å²) in [5.74, 6) is 1.72. The van der Waals surface area contributed by atoms with Crippen LogP contribution in [0.25, 0.3) is 11.4 Å². The van der Waals surface area contributed by atoms with Gasteiger partial charge in [0.15, 0.2) is 0 Å². The monoisotopic (exact) mass is 257 g/mol. The maximum Gasteiger partial charge on any atom is 0.141 e. The maximum absolute atomic E-state index is 5.42. The van der Waals surface area contributed by atoms with Crippen molar-refractivity contribution >= 4 is 0 Å². The molecule has 1 heterocycles. The molecular formula is C15H19N3O. The summed E-state index contributed by atoms with van der Waals surface area (Å²) in [6, 6.07) is 6.86. The van der Waals surface area contributed by atoms with Crippen molar-refractivity contribution in [1.29, 1.82) is 0 Å². The number of nitrogens with one attached hydrogen (secondary N) is 2. The van der Waals surface area contributed by atoms with Gasteiger partial charge in [-0.25, -0.2) is 4.98 Å². The molecule has 4 heteroatoms. The van der Waals surface area contributed by atoms with Crippen LogP contribution < -0.4 is 10.1 Å². The largest absolute Gasteiger partial charge is 0.496 e. The number of hydrogen-bond acceptors (Lipinski definition) is 3. The van der Waals surface area contributed by atoms with Crippen molar-refractivity contribution < 1.29 is 4.74 Å². The van der Waals surface area contributed by atoms with E-state index in [4.69, 9.17) is 4.74 Å². The van der Waals surface area contributed by atoms with Crippen molar-refractivity contribution in [2.75, 3.05) is 7.11 Å². The highest BCUT2D eigenvalue weighted by molar-refractivity contribution is 5.65. The van der Waals surface area contributed by atoms with Crippen LogP contribution in [0.1, 0.15) is 24.1 Å². The first-order valence-corrected chi connectivity index (χ1v) is 6.68. The van der Waals surface area contributed by atoms with Crippen LogP contribution in [0, 0.1) is 6.92 Å². The van der Waals surface area contributed by atoms with Crippen molar-refractivity contribution in [3.63, 3.8) is 0 Å². The average molecular weight is 257 g/mol. The van der Waals surface area contributed by atoms with Gasteiger partial charge in [-0.05, 0) is 37.5 Å². The van der Waals surface area contributed by atoms with E-state index in [1.54, 1.807) is 7.11 Å². The highest BCUT2D eigenvalue weighted by Gasteiger charge is 2.20. The zero-order chi connectivity index (χ0) is 13.2. The van der Waals surface area contributed by atoms with Crippen LogP contribution >= 0.6 is 0 Å². The minimum absolute atomic E-state index is 0.709. The second-order valence-electron chi connectivity index (χ2n) is 5.12. The zero-order valence-corrected chi connectivity index (χ0v) is 11.4. The van der Waals surface area contributed by atoms with Gasteiger partial charge in [-0.3, -0.25) is 0 Å². The Kier molecular flexibility index (Phi) is 3.25. The molecule has 0 saturated heterocycles. The fourth-order valence-electron chi connectivity index (χ4n) is 2.12. The number of benzene rings is 1. The fraction of sp³-hybridized carbons (Fsp3) is 0.400. The number of rotatable bonds is 5. The minimum atomic E-state index is 0.709. The first kappa shape index (κ1) is 12.2. The number of H-pyrrole nitrogens is 1. The molecule has 0 aliphatic heterocycles. The van der Waals surface area contributed by atoms with Gasteiger partial charge in [-0.1, -0.05) is 6.07 Å². The van der Waals surface area contributed by atoms with Gasteiger partial charge in [-0.2, -0.15) is 0 Å². The number of aryl methyl sites for hydroxylation is 1. The third-order valence-electron chi connectivity index (χ3n) is 3.40. The molecule has 0 atom stereocenters. The van der Waals surface area contributed by atoms with Crippen LogP contribution in [0.15, 0.2) is 24.4 Å². The summed E-state index contributed by atoms with van der Waals surface area (Å²) in [5, 5.41) is 3.47. The number of methoxy groups -OCH3 is 1. The molecule has 1 aliphatic carbocycles. The van der Waals surface area contributed by atoms with E-state index in [-0.39, 0.29) is 0 Å². The predicted molar refractivity (Wildman–Crippen MR) is 75.2 cm³/mol. The van der Waals surface area contributed by atoms with Crippen molar-refractivity contribution in [2.24, 2.45) is 0 Å². The van der Waals surface area contributed by atoms with Gasteiger partial charge in [0.25, 0.3) is 0 Å². The molecule has 0 spiro atoms. The van der Waals surface area contributed by atoms with Crippen molar-refractivity contribution in [2.45, 2.75) is 32.4 Å². The Hall–Kier alpha value is -1.81. The molecular weight excluding hydrogens is 238 g/mol. The lowest BCUT2D eigenvalue weighted by molar-refractivity contribution is 0.416. The topological polar surface area (TPSA) is 49.9 Å². The number of aromatic nitrogens is 2. The summed E-state index contributed by atoms with van der Waals surface area (Å²) in [7, 11) is 1.69. The second kappa shape index (κ2) is 5.05. The summed E-state index contributed by atoms with van der Waals surface area (Å²) >= 11 is 0. The van der Waals surface area contributed by atoms with Crippen LogP contribution in [0.4, 0.5) is 0 Å². The van der Waals surface area contributed by atoms with Gasteiger partial charge in [0.1, 0.15) is 11.6 Å². The molecule has 1 aliphatic rings. The molecule has 0 radical (unpaired) electrons. The lowest BCUT2D eigenvalue weighted by atomic mass is 10.1. The first-order valence-electron chi connectivity index (χ1n) is 6.68. The summed E-state index contributed by atoms with van der Waals surface area (Å²) < 4.78 is 5.42. The van der Waals surface area contributed by atoms with E-state index in [0.717, 1.165) is 29.4 Å². The number of hydrogen-bond donors (Lipinski definition) is 2. The molecule has 0 bridgehead atoms. The molecule has 19 heavy (non-hydrogen) atoms. The summed E-state index contributed by atoms with van der Waals surface area (Å²) in [6.07, 6.45) is 4.49. The Morgan fingerprint density at radius 2 is 2.26 bits per heavy atom. The zero-order valence-electron chi connectivity index (χ0n) is 11.4. The van der Waals surface area contributed by atoms with Crippen LogP contribution in [0.2, 0.25) is 0 Å². The lowest BCUT2D eigenvalue weighted by Gasteiger charge is -2.07. The third-order valence-corrected chi connectivity index (χ3v) is 3.40. The fourth-order valence-corrected chi connectivity index (χ4v) is 2.12. The van der Waals surface area contributed by atoms with Crippen LogP contribution in [0.5, 0.6) is 5.75 Å². The average Bonchev–Trinajstić information content (AvgIpc) is 3.14. The number of aromatic amines is 1. The minimum Gasteiger partial charge on any atom is -0.496 e. The van der Waals surface area contributed by atoms with E-state index in [9.17, 15) is 0 Å². The van der Waals surface area contributed by atoms with Gasteiger partial charge in [-0.15, -0.1) is 0 Å². The van der Waals surface area contributed by atoms with Gasteiger partial charge >= 0.3 is 0 Å². The molecule has 0 unspecified atom stereocenters. The molecule has 3 rings (SSSR count). The van der Waals surface area contributed by atoms with E-state index in [1.807, 2.05) is 18.3 Å². The number of imidazole rings is 1. The van der Waals surface area contributed by atoms with Crippen LogP contribution in [0.3, 0.4) is 0 Å². The Labute approximate surface area is 113 Å². The van der Waals surface area contributed by atoms with Gasteiger partial charge in [0, 0.05) is 24.5 Å². The van der Waals surface area contributed by atoms with Crippen molar-refractivity contribution in [3.8, 4) is 17.1 Å². The molecule has 1 saturated carbocycles. The van der Waals surface area contributed by atoms with Crippen LogP contribution in [-0.2, 0) is 6.54 Å². The first-order chi connectivity index (χ1) is 9.26. The lowest BCUT2D eigenvalue weighted by Crippen LogP contribution is -2.15. The van der Waals surface area contributed by atoms with Crippen molar-refractivity contribution in [1.82, 2.24) is 15.3 Å². The molecule has 1 aromatic heterocycles. The molecule has 1 fully saturated rings.